The summed E-state index contributed by atoms with van der Waals surface area (Å²) in [4.78, 5) is 25.1. The molecule has 0 aromatic carbocycles. The van der Waals surface area contributed by atoms with Crippen LogP contribution < -0.4 is 5.43 Å². The van der Waals surface area contributed by atoms with Crippen LogP contribution in [0.1, 0.15) is 22.8 Å². The van der Waals surface area contributed by atoms with E-state index < -0.39 is 5.97 Å². The molecule has 0 saturated heterocycles. The van der Waals surface area contributed by atoms with Gasteiger partial charge in [-0.15, -0.1) is 0 Å². The van der Waals surface area contributed by atoms with Crippen LogP contribution in [0, 0.1) is 0 Å². The zero-order valence-corrected chi connectivity index (χ0v) is 9.02. The van der Waals surface area contributed by atoms with Crippen molar-refractivity contribution in [2.45, 2.75) is 6.92 Å². The zero-order valence-electron chi connectivity index (χ0n) is 8.27. The molecule has 0 spiro atoms. The first-order valence-electron chi connectivity index (χ1n) is 4.19. The number of hydrazone groups is 1. The van der Waals surface area contributed by atoms with Crippen LogP contribution in [0.4, 0.5) is 0 Å². The number of hydrogen-bond acceptors (Lipinski definition) is 4. The molecular weight excluding hydrogens is 234 g/mol. The summed E-state index contributed by atoms with van der Waals surface area (Å²) in [5.74, 6) is -1.54. The SMILES string of the molecule is CC(=O)NN=Cc1cncc(Cl)c1C(=O)O. The van der Waals surface area contributed by atoms with Crippen molar-refractivity contribution < 1.29 is 14.7 Å². The quantitative estimate of drug-likeness (QED) is 0.608. The molecule has 6 nitrogen and oxygen atoms in total. The number of amides is 1. The summed E-state index contributed by atoms with van der Waals surface area (Å²) in [5, 5.41) is 12.4. The molecule has 1 rings (SSSR count). The standard InChI is InChI=1S/C9H8ClN3O3/c1-5(14)13-12-3-6-2-11-4-7(10)8(6)9(15)16/h2-4H,1H3,(H,13,14)(H,15,16). The van der Waals surface area contributed by atoms with Gasteiger partial charge in [0.25, 0.3) is 0 Å². The Bertz CT molecular complexity index is 459. The Morgan fingerprint density at radius 1 is 1.56 bits per heavy atom. The number of rotatable bonds is 3. The van der Waals surface area contributed by atoms with Crippen molar-refractivity contribution in [3.8, 4) is 0 Å². The number of carbonyl (C=O) groups excluding carboxylic acids is 1. The maximum atomic E-state index is 10.9. The number of halogens is 1. The number of aromatic carboxylic acids is 1. The third kappa shape index (κ3) is 3.03. The van der Waals surface area contributed by atoms with Gasteiger partial charge in [-0.05, 0) is 0 Å². The summed E-state index contributed by atoms with van der Waals surface area (Å²) < 4.78 is 0. The molecule has 84 valence electrons. The van der Waals surface area contributed by atoms with Gasteiger partial charge in [0, 0.05) is 24.9 Å². The first-order chi connectivity index (χ1) is 7.52. The summed E-state index contributed by atoms with van der Waals surface area (Å²) in [6.07, 6.45) is 3.69. The van der Waals surface area contributed by atoms with Gasteiger partial charge in [-0.2, -0.15) is 5.10 Å². The van der Waals surface area contributed by atoms with Crippen LogP contribution in [0.5, 0.6) is 0 Å². The van der Waals surface area contributed by atoms with Crippen LogP contribution in [0.3, 0.4) is 0 Å². The van der Waals surface area contributed by atoms with Crippen molar-refractivity contribution in [2.75, 3.05) is 0 Å². The smallest absolute Gasteiger partial charge is 0.338 e. The van der Waals surface area contributed by atoms with Crippen LogP contribution >= 0.6 is 11.6 Å². The molecule has 16 heavy (non-hydrogen) atoms. The van der Waals surface area contributed by atoms with Gasteiger partial charge < -0.3 is 5.11 Å². The lowest BCUT2D eigenvalue weighted by atomic mass is 10.1. The molecule has 0 aliphatic rings. The van der Waals surface area contributed by atoms with E-state index in [1.54, 1.807) is 0 Å². The molecule has 0 fully saturated rings. The highest BCUT2D eigenvalue weighted by Gasteiger charge is 2.13. The van der Waals surface area contributed by atoms with E-state index in [1.165, 1.54) is 25.5 Å². The second kappa shape index (κ2) is 5.22. The molecule has 1 heterocycles. The molecular formula is C9H8ClN3O3. The molecule has 0 bridgehead atoms. The average Bonchev–Trinajstić information content (AvgIpc) is 2.16. The van der Waals surface area contributed by atoms with Crippen molar-refractivity contribution >= 4 is 29.7 Å². The second-order valence-electron chi connectivity index (χ2n) is 2.82. The Kier molecular flexibility index (Phi) is 3.96. The lowest BCUT2D eigenvalue weighted by Gasteiger charge is -2.01. The molecule has 1 amide bonds. The summed E-state index contributed by atoms with van der Waals surface area (Å²) in [6, 6.07) is 0. The van der Waals surface area contributed by atoms with E-state index in [9.17, 15) is 9.59 Å². The molecule has 7 heteroatoms. The average molecular weight is 242 g/mol. The summed E-state index contributed by atoms with van der Waals surface area (Å²) in [5.41, 5.74) is 2.26. The van der Waals surface area contributed by atoms with Gasteiger partial charge in [0.05, 0.1) is 16.8 Å². The van der Waals surface area contributed by atoms with Gasteiger partial charge in [-0.25, -0.2) is 10.2 Å². The van der Waals surface area contributed by atoms with Gasteiger partial charge in [0.1, 0.15) is 0 Å². The third-order valence-corrected chi connectivity index (χ3v) is 1.86. The fourth-order valence-corrected chi connectivity index (χ4v) is 1.21. The number of carboxylic acids is 1. The Labute approximate surface area is 95.9 Å². The fraction of sp³-hybridized carbons (Fsp3) is 0.111. The van der Waals surface area contributed by atoms with E-state index in [1.807, 2.05) is 0 Å². The highest BCUT2D eigenvalue weighted by molar-refractivity contribution is 6.34. The summed E-state index contributed by atoms with van der Waals surface area (Å²) in [6.45, 7) is 1.28. The van der Waals surface area contributed by atoms with Crippen LogP contribution in [-0.2, 0) is 4.79 Å². The summed E-state index contributed by atoms with van der Waals surface area (Å²) >= 11 is 5.67. The molecule has 2 N–H and O–H groups in total. The van der Waals surface area contributed by atoms with E-state index in [-0.39, 0.29) is 22.1 Å². The Morgan fingerprint density at radius 3 is 2.81 bits per heavy atom. The minimum absolute atomic E-state index is 0.0132. The van der Waals surface area contributed by atoms with E-state index in [2.05, 4.69) is 15.5 Å². The number of nitrogens with one attached hydrogen (secondary N) is 1. The van der Waals surface area contributed by atoms with Crippen LogP contribution in [-0.4, -0.2) is 28.2 Å². The van der Waals surface area contributed by atoms with Crippen LogP contribution in [0.25, 0.3) is 0 Å². The minimum atomic E-state index is -1.18. The zero-order chi connectivity index (χ0) is 12.1. The van der Waals surface area contributed by atoms with Gasteiger partial charge >= 0.3 is 5.97 Å². The van der Waals surface area contributed by atoms with Crippen molar-refractivity contribution in [1.29, 1.82) is 0 Å². The second-order valence-corrected chi connectivity index (χ2v) is 3.22. The number of carboxylic acid groups (broad SMARTS) is 1. The minimum Gasteiger partial charge on any atom is -0.478 e. The third-order valence-electron chi connectivity index (χ3n) is 1.57. The van der Waals surface area contributed by atoms with Crippen LogP contribution in [0.15, 0.2) is 17.5 Å². The predicted octanol–water partition coefficient (Wildman–Crippen LogP) is 0.903. The Hall–Kier alpha value is -1.95. The van der Waals surface area contributed by atoms with E-state index in [0.717, 1.165) is 0 Å². The number of nitrogens with zero attached hydrogens (tertiary/aromatic N) is 2. The fourth-order valence-electron chi connectivity index (χ4n) is 0.966. The van der Waals surface area contributed by atoms with Gasteiger partial charge in [-0.3, -0.25) is 9.78 Å². The molecule has 0 atom stereocenters. The lowest BCUT2D eigenvalue weighted by Crippen LogP contribution is -2.13. The molecule has 0 aliphatic heterocycles. The van der Waals surface area contributed by atoms with Gasteiger partial charge in [0.2, 0.25) is 5.91 Å². The highest BCUT2D eigenvalue weighted by atomic mass is 35.5. The van der Waals surface area contributed by atoms with Gasteiger partial charge in [0.15, 0.2) is 0 Å². The number of aromatic nitrogens is 1. The first kappa shape index (κ1) is 12.1. The predicted molar refractivity (Wildman–Crippen MR) is 57.6 cm³/mol. The van der Waals surface area contributed by atoms with Crippen molar-refractivity contribution in [3.63, 3.8) is 0 Å². The number of carbonyl (C=O) groups is 2. The molecule has 1 aromatic heterocycles. The van der Waals surface area contributed by atoms with Crippen LogP contribution in [0.2, 0.25) is 5.02 Å². The first-order valence-corrected chi connectivity index (χ1v) is 4.56. The monoisotopic (exact) mass is 241 g/mol. The molecule has 1 aromatic rings. The van der Waals surface area contributed by atoms with Crippen molar-refractivity contribution in [2.24, 2.45) is 5.10 Å². The Balaban J connectivity index is 3.04. The number of pyridine rings is 1. The molecule has 0 saturated carbocycles. The Morgan fingerprint density at radius 2 is 2.25 bits per heavy atom. The van der Waals surface area contributed by atoms with Crippen molar-refractivity contribution in [1.82, 2.24) is 10.4 Å². The molecule has 0 aliphatic carbocycles. The maximum absolute atomic E-state index is 10.9. The number of hydrogen-bond donors (Lipinski definition) is 2. The van der Waals surface area contributed by atoms with Gasteiger partial charge in [-0.1, -0.05) is 11.6 Å². The normalized spacial score (nSPS) is 10.4. The molecule has 0 unspecified atom stereocenters. The van der Waals surface area contributed by atoms with E-state index in [0.29, 0.717) is 0 Å². The van der Waals surface area contributed by atoms with Crippen molar-refractivity contribution in [3.05, 3.63) is 28.5 Å². The van der Waals surface area contributed by atoms with E-state index in [4.69, 9.17) is 16.7 Å². The summed E-state index contributed by atoms with van der Waals surface area (Å²) in [7, 11) is 0. The maximum Gasteiger partial charge on any atom is 0.338 e. The van der Waals surface area contributed by atoms with E-state index >= 15 is 0 Å². The lowest BCUT2D eigenvalue weighted by molar-refractivity contribution is -0.118. The largest absolute Gasteiger partial charge is 0.478 e. The highest BCUT2D eigenvalue weighted by Crippen LogP contribution is 2.17. The molecule has 0 radical (unpaired) electrons. The topological polar surface area (TPSA) is 91.7 Å².